The van der Waals surface area contributed by atoms with E-state index in [2.05, 4.69) is 6.58 Å². The van der Waals surface area contributed by atoms with Gasteiger partial charge in [-0.25, -0.2) is 0 Å². The van der Waals surface area contributed by atoms with Crippen LogP contribution in [0.3, 0.4) is 0 Å². The number of hydrogen-bond donors (Lipinski definition) is 1. The molecule has 0 amide bonds. The molecule has 1 aromatic rings. The topological polar surface area (TPSA) is 29.5 Å². The molecule has 0 saturated heterocycles. The van der Waals surface area contributed by atoms with E-state index >= 15 is 0 Å². The third-order valence-corrected chi connectivity index (χ3v) is 1.41. The molecule has 0 fully saturated rings. The Hall–Kier alpha value is -1.28. The summed E-state index contributed by atoms with van der Waals surface area (Å²) in [4.78, 5) is 0. The maximum atomic E-state index is 8.63. The first kappa shape index (κ1) is 8.81. The molecule has 2 nitrogen and oxygen atoms in total. The van der Waals surface area contributed by atoms with Crippen LogP contribution in [0.25, 0.3) is 0 Å². The quantitative estimate of drug-likeness (QED) is 0.685. The van der Waals surface area contributed by atoms with Gasteiger partial charge in [0, 0.05) is 0 Å². The van der Waals surface area contributed by atoms with Crippen molar-refractivity contribution in [2.45, 2.75) is 0 Å². The van der Waals surface area contributed by atoms with Crippen LogP contribution in [0, 0.1) is 0 Å². The van der Waals surface area contributed by atoms with Gasteiger partial charge in [-0.1, -0.05) is 24.8 Å². The molecular weight excluding hydrogens is 152 g/mol. The molecule has 0 aliphatic carbocycles. The smallest absolute Gasteiger partial charge is 0.119 e. The van der Waals surface area contributed by atoms with Crippen LogP contribution >= 0.6 is 0 Å². The zero-order chi connectivity index (χ0) is 8.81. The highest BCUT2D eigenvalue weighted by Gasteiger charge is 1.93. The highest BCUT2D eigenvalue weighted by molar-refractivity contribution is 5.21. The molecule has 0 aliphatic rings. The lowest BCUT2D eigenvalue weighted by molar-refractivity contribution is 0.288. The second kappa shape index (κ2) is 4.57. The van der Waals surface area contributed by atoms with Gasteiger partial charge < -0.3 is 9.84 Å². The Balaban J connectivity index is 2.38. The molecular formula is C10H12O2. The van der Waals surface area contributed by atoms with E-state index in [1.54, 1.807) is 0 Å². The molecule has 64 valence electrons. The van der Waals surface area contributed by atoms with Crippen molar-refractivity contribution >= 4 is 0 Å². The summed E-state index contributed by atoms with van der Waals surface area (Å²) in [6, 6.07) is 9.46. The lowest BCUT2D eigenvalue weighted by atomic mass is 10.3. The Kier molecular flexibility index (Phi) is 3.35. The number of aliphatic hydroxyl groups is 1. The standard InChI is InChI=1S/C10H12O2/c1-9(7-11)8-12-10-5-3-2-4-6-10/h2-6,11H,1,7-8H2. The number of para-hydroxylation sites is 1. The predicted octanol–water partition coefficient (Wildman–Crippen LogP) is 1.61. The van der Waals surface area contributed by atoms with Crippen molar-refractivity contribution in [1.29, 1.82) is 0 Å². The Morgan fingerprint density at radius 2 is 2.00 bits per heavy atom. The molecule has 1 rings (SSSR count). The molecule has 0 unspecified atom stereocenters. The Morgan fingerprint density at radius 1 is 1.33 bits per heavy atom. The van der Waals surface area contributed by atoms with Gasteiger partial charge in [0.05, 0.1) is 6.61 Å². The van der Waals surface area contributed by atoms with Crippen LogP contribution in [-0.4, -0.2) is 18.3 Å². The number of aliphatic hydroxyl groups excluding tert-OH is 1. The first-order valence-electron chi connectivity index (χ1n) is 3.78. The molecule has 1 N–H and O–H groups in total. The fraction of sp³-hybridized carbons (Fsp3) is 0.200. The normalized spacial score (nSPS) is 9.42. The van der Waals surface area contributed by atoms with Gasteiger partial charge in [-0.3, -0.25) is 0 Å². The van der Waals surface area contributed by atoms with E-state index in [1.807, 2.05) is 30.3 Å². The highest BCUT2D eigenvalue weighted by Crippen LogP contribution is 2.08. The molecule has 0 bridgehead atoms. The first-order chi connectivity index (χ1) is 5.83. The number of benzene rings is 1. The van der Waals surface area contributed by atoms with Crippen LogP contribution in [0.4, 0.5) is 0 Å². The molecule has 0 atom stereocenters. The minimum atomic E-state index is -0.0210. The Morgan fingerprint density at radius 3 is 2.58 bits per heavy atom. The lowest BCUT2D eigenvalue weighted by Crippen LogP contribution is -2.02. The number of ether oxygens (including phenoxy) is 1. The largest absolute Gasteiger partial charge is 0.489 e. The van der Waals surface area contributed by atoms with Crippen LogP contribution < -0.4 is 4.74 Å². The monoisotopic (exact) mass is 164 g/mol. The van der Waals surface area contributed by atoms with Gasteiger partial charge in [0.2, 0.25) is 0 Å². The molecule has 0 radical (unpaired) electrons. The van der Waals surface area contributed by atoms with E-state index in [9.17, 15) is 0 Å². The van der Waals surface area contributed by atoms with Crippen LogP contribution in [0.15, 0.2) is 42.5 Å². The Labute approximate surface area is 72.1 Å². The minimum Gasteiger partial charge on any atom is -0.489 e. The Bertz CT molecular complexity index is 241. The summed E-state index contributed by atoms with van der Waals surface area (Å²) >= 11 is 0. The van der Waals surface area contributed by atoms with E-state index in [1.165, 1.54) is 0 Å². The lowest BCUT2D eigenvalue weighted by Gasteiger charge is -2.05. The van der Waals surface area contributed by atoms with Crippen molar-refractivity contribution in [2.24, 2.45) is 0 Å². The van der Waals surface area contributed by atoms with E-state index in [4.69, 9.17) is 9.84 Å². The van der Waals surface area contributed by atoms with Gasteiger partial charge in [0.15, 0.2) is 0 Å². The zero-order valence-electron chi connectivity index (χ0n) is 6.86. The van der Waals surface area contributed by atoms with E-state index < -0.39 is 0 Å². The third-order valence-electron chi connectivity index (χ3n) is 1.41. The molecule has 12 heavy (non-hydrogen) atoms. The molecule has 0 aliphatic heterocycles. The van der Waals surface area contributed by atoms with E-state index in [0.717, 1.165) is 5.75 Å². The van der Waals surface area contributed by atoms with Gasteiger partial charge in [0.25, 0.3) is 0 Å². The second-order valence-corrected chi connectivity index (χ2v) is 2.51. The van der Waals surface area contributed by atoms with Crippen molar-refractivity contribution in [1.82, 2.24) is 0 Å². The number of hydrogen-bond acceptors (Lipinski definition) is 2. The summed E-state index contributed by atoms with van der Waals surface area (Å²) in [6.45, 7) is 3.97. The average molecular weight is 164 g/mol. The summed E-state index contributed by atoms with van der Waals surface area (Å²) < 4.78 is 5.30. The van der Waals surface area contributed by atoms with Crippen molar-refractivity contribution < 1.29 is 9.84 Å². The van der Waals surface area contributed by atoms with Crippen molar-refractivity contribution in [3.8, 4) is 5.75 Å². The van der Waals surface area contributed by atoms with Crippen molar-refractivity contribution in [3.05, 3.63) is 42.5 Å². The van der Waals surface area contributed by atoms with Crippen molar-refractivity contribution in [3.63, 3.8) is 0 Å². The van der Waals surface area contributed by atoms with Crippen LogP contribution in [0.2, 0.25) is 0 Å². The van der Waals surface area contributed by atoms with Gasteiger partial charge in [-0.15, -0.1) is 0 Å². The van der Waals surface area contributed by atoms with Crippen LogP contribution in [0.1, 0.15) is 0 Å². The second-order valence-electron chi connectivity index (χ2n) is 2.51. The van der Waals surface area contributed by atoms with Gasteiger partial charge >= 0.3 is 0 Å². The minimum absolute atomic E-state index is 0.0210. The highest BCUT2D eigenvalue weighted by atomic mass is 16.5. The molecule has 1 aromatic carbocycles. The molecule has 0 spiro atoms. The van der Waals surface area contributed by atoms with Crippen molar-refractivity contribution in [2.75, 3.05) is 13.2 Å². The summed E-state index contributed by atoms with van der Waals surface area (Å²) in [6.07, 6.45) is 0. The van der Waals surface area contributed by atoms with Crippen LogP contribution in [-0.2, 0) is 0 Å². The summed E-state index contributed by atoms with van der Waals surface area (Å²) in [5.41, 5.74) is 0.679. The van der Waals surface area contributed by atoms with Gasteiger partial charge in [0.1, 0.15) is 12.4 Å². The first-order valence-corrected chi connectivity index (χ1v) is 3.78. The molecule has 2 heteroatoms. The fourth-order valence-electron chi connectivity index (χ4n) is 0.748. The maximum Gasteiger partial charge on any atom is 0.119 e. The molecule has 0 heterocycles. The zero-order valence-corrected chi connectivity index (χ0v) is 6.86. The predicted molar refractivity (Wildman–Crippen MR) is 48.2 cm³/mol. The number of rotatable bonds is 4. The molecule has 0 aromatic heterocycles. The van der Waals surface area contributed by atoms with E-state index in [0.29, 0.717) is 12.2 Å². The summed E-state index contributed by atoms with van der Waals surface area (Å²) in [5, 5.41) is 8.63. The van der Waals surface area contributed by atoms with Gasteiger partial charge in [-0.05, 0) is 17.7 Å². The van der Waals surface area contributed by atoms with Crippen LogP contribution in [0.5, 0.6) is 5.75 Å². The maximum absolute atomic E-state index is 8.63. The summed E-state index contributed by atoms with van der Waals surface area (Å²) in [5.74, 6) is 0.798. The SMILES string of the molecule is C=C(CO)COc1ccccc1. The van der Waals surface area contributed by atoms with E-state index in [-0.39, 0.29) is 6.61 Å². The average Bonchev–Trinajstić information content (AvgIpc) is 2.16. The third kappa shape index (κ3) is 2.76. The van der Waals surface area contributed by atoms with Gasteiger partial charge in [-0.2, -0.15) is 0 Å². The molecule has 0 saturated carbocycles. The summed E-state index contributed by atoms with van der Waals surface area (Å²) in [7, 11) is 0. The fourth-order valence-corrected chi connectivity index (χ4v) is 0.748.